The molecule has 3 aliphatic heterocycles. The van der Waals surface area contributed by atoms with Crippen molar-refractivity contribution >= 4 is 28.8 Å². The van der Waals surface area contributed by atoms with E-state index in [0.29, 0.717) is 24.4 Å². The van der Waals surface area contributed by atoms with Crippen LogP contribution in [-0.2, 0) is 9.53 Å². The maximum atomic E-state index is 12.8. The second-order valence-corrected chi connectivity index (χ2v) is 11.1. The number of carbonyl (C=O) groups excluding carboxylic acids is 1. The fourth-order valence-electron chi connectivity index (χ4n) is 5.76. The zero-order valence-electron chi connectivity index (χ0n) is 20.3. The molecule has 0 radical (unpaired) electrons. The van der Waals surface area contributed by atoms with Gasteiger partial charge in [0.2, 0.25) is 0 Å². The monoisotopic (exact) mass is 500 g/mol. The van der Waals surface area contributed by atoms with Gasteiger partial charge in [-0.2, -0.15) is 0 Å². The first-order valence-electron chi connectivity index (χ1n) is 13.0. The lowest BCUT2D eigenvalue weighted by Gasteiger charge is -2.40. The van der Waals surface area contributed by atoms with Crippen LogP contribution in [0.15, 0.2) is 29.3 Å². The molecule has 35 heavy (non-hydrogen) atoms. The smallest absolute Gasteiger partial charge is 0.329 e. The van der Waals surface area contributed by atoms with E-state index in [2.05, 4.69) is 15.1 Å². The number of morpholine rings is 1. The van der Waals surface area contributed by atoms with Crippen LogP contribution < -0.4 is 5.32 Å². The SMILES string of the molecule is O=C(NC1(C(=O)O)CCCCC1)c1ccc(C2CSC(N3CCC(N4CCOCC4)CC3)=N2)cc1. The van der Waals surface area contributed by atoms with E-state index in [1.165, 1.54) is 12.8 Å². The fourth-order valence-corrected chi connectivity index (χ4v) is 6.90. The Morgan fingerprint density at radius 3 is 2.37 bits per heavy atom. The van der Waals surface area contributed by atoms with Gasteiger partial charge in [0, 0.05) is 43.5 Å². The Morgan fingerprint density at radius 2 is 1.71 bits per heavy atom. The number of hydrogen-bond donors (Lipinski definition) is 2. The van der Waals surface area contributed by atoms with Crippen molar-refractivity contribution in [2.24, 2.45) is 4.99 Å². The molecule has 5 rings (SSSR count). The molecule has 1 aliphatic carbocycles. The topological polar surface area (TPSA) is 94.5 Å². The number of benzene rings is 1. The molecular weight excluding hydrogens is 464 g/mol. The van der Waals surface area contributed by atoms with Gasteiger partial charge in [-0.25, -0.2) is 4.79 Å². The van der Waals surface area contributed by atoms with Gasteiger partial charge < -0.3 is 20.1 Å². The highest BCUT2D eigenvalue weighted by atomic mass is 32.2. The Hall–Kier alpha value is -2.10. The summed E-state index contributed by atoms with van der Waals surface area (Å²) in [6, 6.07) is 8.28. The Kier molecular flexibility index (Phi) is 7.65. The van der Waals surface area contributed by atoms with E-state index in [9.17, 15) is 14.7 Å². The largest absolute Gasteiger partial charge is 0.480 e. The minimum Gasteiger partial charge on any atom is -0.480 e. The maximum absolute atomic E-state index is 12.8. The van der Waals surface area contributed by atoms with Crippen LogP contribution in [0.3, 0.4) is 0 Å². The Labute approximate surface area is 211 Å². The molecule has 9 heteroatoms. The minimum atomic E-state index is -1.13. The predicted octanol–water partition coefficient (Wildman–Crippen LogP) is 3.14. The van der Waals surface area contributed by atoms with Crippen LogP contribution in [-0.4, -0.2) is 88.7 Å². The zero-order chi connectivity index (χ0) is 24.3. The summed E-state index contributed by atoms with van der Waals surface area (Å²) in [4.78, 5) is 34.7. The van der Waals surface area contributed by atoms with E-state index < -0.39 is 11.5 Å². The summed E-state index contributed by atoms with van der Waals surface area (Å²) in [6.07, 6.45) is 6.01. The predicted molar refractivity (Wildman–Crippen MR) is 137 cm³/mol. The van der Waals surface area contributed by atoms with Crippen LogP contribution in [0.1, 0.15) is 66.9 Å². The van der Waals surface area contributed by atoms with Crippen molar-refractivity contribution < 1.29 is 19.4 Å². The molecule has 1 unspecified atom stereocenters. The van der Waals surface area contributed by atoms with Crippen molar-refractivity contribution in [3.05, 3.63) is 35.4 Å². The summed E-state index contributed by atoms with van der Waals surface area (Å²) >= 11 is 1.82. The average molecular weight is 501 g/mol. The van der Waals surface area contributed by atoms with Crippen LogP contribution in [0.5, 0.6) is 0 Å². The molecule has 1 saturated carbocycles. The van der Waals surface area contributed by atoms with Crippen LogP contribution in [0.2, 0.25) is 0 Å². The molecule has 3 fully saturated rings. The number of amides is 1. The number of amidine groups is 1. The number of ether oxygens (including phenoxy) is 1. The number of rotatable bonds is 5. The highest BCUT2D eigenvalue weighted by molar-refractivity contribution is 8.14. The molecule has 8 nitrogen and oxygen atoms in total. The van der Waals surface area contributed by atoms with Gasteiger partial charge in [0.25, 0.3) is 5.91 Å². The highest BCUT2D eigenvalue weighted by Gasteiger charge is 2.41. The standard InChI is InChI=1S/C26H36N4O4S/c31-23(28-26(24(32)33)10-2-1-3-11-26)20-6-4-19(5-7-20)22-18-35-25(27-22)30-12-8-21(9-13-30)29-14-16-34-17-15-29/h4-7,21-22H,1-3,8-18H2,(H,28,31)(H,32,33). The number of aliphatic carboxylic acids is 1. The van der Waals surface area contributed by atoms with Gasteiger partial charge in [-0.3, -0.25) is 14.7 Å². The van der Waals surface area contributed by atoms with Gasteiger partial charge in [-0.15, -0.1) is 0 Å². The number of aliphatic imine (C=N–C) groups is 1. The number of hydrogen-bond acceptors (Lipinski definition) is 7. The number of carboxylic acids is 1. The van der Waals surface area contributed by atoms with Gasteiger partial charge in [-0.05, 0) is 43.4 Å². The quantitative estimate of drug-likeness (QED) is 0.641. The summed E-state index contributed by atoms with van der Waals surface area (Å²) in [5.74, 6) is -0.332. The van der Waals surface area contributed by atoms with E-state index in [1.54, 1.807) is 12.1 Å². The molecule has 0 spiro atoms. The summed E-state index contributed by atoms with van der Waals surface area (Å²) in [7, 11) is 0. The minimum absolute atomic E-state index is 0.0905. The number of thioether (sulfide) groups is 1. The zero-order valence-corrected chi connectivity index (χ0v) is 21.1. The fraction of sp³-hybridized carbons (Fsp3) is 0.654. The van der Waals surface area contributed by atoms with E-state index in [0.717, 1.165) is 75.1 Å². The Balaban J connectivity index is 1.17. The third-order valence-electron chi connectivity index (χ3n) is 7.96. The third kappa shape index (κ3) is 5.52. The number of carbonyl (C=O) groups is 2. The first-order valence-corrected chi connectivity index (χ1v) is 14.0. The van der Waals surface area contributed by atoms with Gasteiger partial charge in [0.15, 0.2) is 5.17 Å². The molecule has 2 saturated heterocycles. The van der Waals surface area contributed by atoms with E-state index in [4.69, 9.17) is 9.73 Å². The summed E-state index contributed by atoms with van der Waals surface area (Å²) in [5.41, 5.74) is 0.461. The molecule has 3 heterocycles. The van der Waals surface area contributed by atoms with Crippen molar-refractivity contribution in [3.63, 3.8) is 0 Å². The lowest BCUT2D eigenvalue weighted by Crippen LogP contribution is -2.55. The highest BCUT2D eigenvalue weighted by Crippen LogP contribution is 2.34. The molecular formula is C26H36N4O4S. The van der Waals surface area contributed by atoms with Crippen molar-refractivity contribution in [1.29, 1.82) is 0 Å². The first kappa shape index (κ1) is 24.6. The van der Waals surface area contributed by atoms with Gasteiger partial charge >= 0.3 is 5.97 Å². The van der Waals surface area contributed by atoms with E-state index in [1.807, 2.05) is 23.9 Å². The lowest BCUT2D eigenvalue weighted by atomic mass is 9.81. The average Bonchev–Trinajstić information content (AvgIpc) is 3.40. The van der Waals surface area contributed by atoms with Gasteiger partial charge in [0.1, 0.15) is 5.54 Å². The van der Waals surface area contributed by atoms with Crippen LogP contribution in [0.25, 0.3) is 0 Å². The third-order valence-corrected chi connectivity index (χ3v) is 9.06. The number of carboxylic acid groups (broad SMARTS) is 1. The Bertz CT molecular complexity index is 933. The molecule has 1 aromatic carbocycles. The Morgan fingerprint density at radius 1 is 1.03 bits per heavy atom. The number of piperidine rings is 1. The van der Waals surface area contributed by atoms with Crippen molar-refractivity contribution in [3.8, 4) is 0 Å². The summed E-state index contributed by atoms with van der Waals surface area (Å²) in [5, 5.41) is 13.7. The summed E-state index contributed by atoms with van der Waals surface area (Å²) < 4.78 is 5.49. The number of nitrogens with zero attached hydrogens (tertiary/aromatic N) is 3. The van der Waals surface area contributed by atoms with Gasteiger partial charge in [0.05, 0.1) is 19.3 Å². The molecule has 1 aromatic rings. The second kappa shape index (κ2) is 10.9. The van der Waals surface area contributed by atoms with E-state index in [-0.39, 0.29) is 11.9 Å². The van der Waals surface area contributed by atoms with Crippen molar-refractivity contribution in [1.82, 2.24) is 15.1 Å². The molecule has 0 aromatic heterocycles. The molecule has 1 atom stereocenters. The van der Waals surface area contributed by atoms with Crippen LogP contribution in [0.4, 0.5) is 0 Å². The van der Waals surface area contributed by atoms with Crippen molar-refractivity contribution in [2.45, 2.75) is 62.6 Å². The molecule has 2 N–H and O–H groups in total. The van der Waals surface area contributed by atoms with Gasteiger partial charge in [-0.1, -0.05) is 43.2 Å². The molecule has 190 valence electrons. The lowest BCUT2D eigenvalue weighted by molar-refractivity contribution is -0.145. The van der Waals surface area contributed by atoms with Crippen molar-refractivity contribution in [2.75, 3.05) is 45.1 Å². The first-order chi connectivity index (χ1) is 17.0. The number of nitrogens with one attached hydrogen (secondary N) is 1. The van der Waals surface area contributed by atoms with Crippen LogP contribution >= 0.6 is 11.8 Å². The normalized spacial score (nSPS) is 25.8. The molecule has 1 amide bonds. The van der Waals surface area contributed by atoms with Crippen LogP contribution in [0, 0.1) is 0 Å². The summed E-state index contributed by atoms with van der Waals surface area (Å²) in [6.45, 7) is 5.90. The molecule has 0 bridgehead atoms. The maximum Gasteiger partial charge on any atom is 0.329 e. The second-order valence-electron chi connectivity index (χ2n) is 10.1. The molecule has 4 aliphatic rings. The number of likely N-dealkylation sites (tertiary alicyclic amines) is 1. The van der Waals surface area contributed by atoms with E-state index >= 15 is 0 Å².